The molecule has 3 N–H and O–H groups in total. The lowest BCUT2D eigenvalue weighted by Gasteiger charge is -2.37. The second kappa shape index (κ2) is 9.56. The van der Waals surface area contributed by atoms with Gasteiger partial charge in [0.25, 0.3) is 0 Å². The lowest BCUT2D eigenvalue weighted by Crippen LogP contribution is -2.51. The number of anilines is 1. The van der Waals surface area contributed by atoms with Gasteiger partial charge in [-0.05, 0) is 37.6 Å². The zero-order valence-electron chi connectivity index (χ0n) is 18.1. The van der Waals surface area contributed by atoms with Crippen LogP contribution in [0.1, 0.15) is 20.3 Å². The summed E-state index contributed by atoms with van der Waals surface area (Å²) in [5.74, 6) is 1.23. The van der Waals surface area contributed by atoms with Gasteiger partial charge in [-0.1, -0.05) is 18.7 Å². The number of carbonyl (C=O) groups is 1. The molecule has 3 aliphatic rings. The molecule has 0 spiro atoms. The maximum absolute atomic E-state index is 13.2. The van der Waals surface area contributed by atoms with Gasteiger partial charge in [0.15, 0.2) is 5.17 Å². The summed E-state index contributed by atoms with van der Waals surface area (Å²) >= 11 is 1.44. The van der Waals surface area contributed by atoms with Crippen LogP contribution in [0.15, 0.2) is 29.3 Å². The molecule has 1 aromatic rings. The fourth-order valence-corrected chi connectivity index (χ4v) is 5.24. The van der Waals surface area contributed by atoms with Gasteiger partial charge in [-0.3, -0.25) is 20.5 Å². The number of amides is 1. The molecule has 4 rings (SSSR count). The molecule has 9 nitrogen and oxygen atoms in total. The number of hydrogen-bond acceptors (Lipinski definition) is 8. The van der Waals surface area contributed by atoms with E-state index < -0.39 is 0 Å². The highest BCUT2D eigenvalue weighted by atomic mass is 32.2. The third kappa shape index (κ3) is 4.43. The zero-order valence-corrected chi connectivity index (χ0v) is 18.9. The first-order valence-corrected chi connectivity index (χ1v) is 11.6. The predicted octanol–water partition coefficient (Wildman–Crippen LogP) is 1.66. The molecule has 1 amide bonds. The number of methoxy groups -OCH3 is 1. The highest BCUT2D eigenvalue weighted by Crippen LogP contribution is 2.34. The van der Waals surface area contributed by atoms with Gasteiger partial charge in [-0.2, -0.15) is 0 Å². The van der Waals surface area contributed by atoms with Crippen molar-refractivity contribution in [2.75, 3.05) is 38.3 Å². The Morgan fingerprint density at radius 1 is 1.32 bits per heavy atom. The van der Waals surface area contributed by atoms with E-state index >= 15 is 0 Å². The number of nitrogens with one attached hydrogen (secondary N) is 3. The third-order valence-corrected chi connectivity index (χ3v) is 7.20. The zero-order chi connectivity index (χ0) is 22.0. The third-order valence-electron chi connectivity index (χ3n) is 5.88. The van der Waals surface area contributed by atoms with Gasteiger partial charge in [0.05, 0.1) is 31.5 Å². The smallest absolute Gasteiger partial charge is 0.236 e. The first-order valence-electron chi connectivity index (χ1n) is 10.7. The summed E-state index contributed by atoms with van der Waals surface area (Å²) in [7, 11) is 1.63. The molecule has 31 heavy (non-hydrogen) atoms. The van der Waals surface area contributed by atoms with Gasteiger partial charge in [0, 0.05) is 24.8 Å². The SMILES string of the molecule is CCC(SC1=NC2NNC(C)C2C(=N)N1c1ccc(OC)cc1)C(=O)N1CCOCC1. The van der Waals surface area contributed by atoms with Crippen molar-refractivity contribution in [3.05, 3.63) is 24.3 Å². The Hall–Kier alpha value is -2.14. The number of ether oxygens (including phenoxy) is 2. The standard InChI is InChI=1S/C21H30N6O3S/c1-4-16(20(28)26-9-11-30-12-10-26)31-21-23-19-17(13(2)24-25-19)18(22)27(21)14-5-7-15(29-3)8-6-14/h5-8,13,16-17,19,22,24-25H,4,9-12H2,1-3H3. The average Bonchev–Trinajstić information content (AvgIpc) is 3.18. The molecule has 4 atom stereocenters. The highest BCUT2D eigenvalue weighted by Gasteiger charge is 2.44. The molecule has 1 aromatic carbocycles. The molecule has 2 saturated heterocycles. The average molecular weight is 447 g/mol. The Kier molecular flexibility index (Phi) is 6.80. The number of carbonyl (C=O) groups excluding carboxylic acids is 1. The molecule has 0 radical (unpaired) electrons. The van der Waals surface area contributed by atoms with E-state index in [1.165, 1.54) is 11.8 Å². The summed E-state index contributed by atoms with van der Waals surface area (Å²) in [6.45, 7) is 6.45. The molecule has 3 aliphatic heterocycles. The summed E-state index contributed by atoms with van der Waals surface area (Å²) in [5.41, 5.74) is 7.23. The maximum Gasteiger partial charge on any atom is 0.236 e. The summed E-state index contributed by atoms with van der Waals surface area (Å²) < 4.78 is 10.7. The molecule has 168 valence electrons. The molecule has 0 aliphatic carbocycles. The molecule has 10 heteroatoms. The van der Waals surface area contributed by atoms with Crippen LogP contribution in [0, 0.1) is 11.3 Å². The molecule has 0 bridgehead atoms. The van der Waals surface area contributed by atoms with Gasteiger partial charge in [0.1, 0.15) is 17.8 Å². The molecule has 0 aromatic heterocycles. The topological polar surface area (TPSA) is 102 Å². The summed E-state index contributed by atoms with van der Waals surface area (Å²) in [4.78, 5) is 21.8. The Morgan fingerprint density at radius 3 is 2.68 bits per heavy atom. The van der Waals surface area contributed by atoms with E-state index in [1.54, 1.807) is 7.11 Å². The predicted molar refractivity (Wildman–Crippen MR) is 123 cm³/mol. The molecular formula is C21H30N6O3S. The monoisotopic (exact) mass is 446 g/mol. The fourth-order valence-electron chi connectivity index (χ4n) is 4.08. The van der Waals surface area contributed by atoms with E-state index in [9.17, 15) is 4.79 Å². The number of hydrazine groups is 1. The van der Waals surface area contributed by atoms with Gasteiger partial charge < -0.3 is 14.4 Å². The normalized spacial score (nSPS) is 27.0. The van der Waals surface area contributed by atoms with Crippen molar-refractivity contribution in [3.8, 4) is 5.75 Å². The van der Waals surface area contributed by atoms with Gasteiger partial charge in [-0.25, -0.2) is 10.4 Å². The van der Waals surface area contributed by atoms with Crippen molar-refractivity contribution >= 4 is 34.4 Å². The van der Waals surface area contributed by atoms with E-state index in [4.69, 9.17) is 19.9 Å². The van der Waals surface area contributed by atoms with Crippen LogP contribution in [0.5, 0.6) is 5.75 Å². The van der Waals surface area contributed by atoms with Crippen molar-refractivity contribution in [1.82, 2.24) is 15.8 Å². The number of rotatable bonds is 5. The summed E-state index contributed by atoms with van der Waals surface area (Å²) in [6, 6.07) is 7.68. The van der Waals surface area contributed by atoms with Crippen molar-refractivity contribution in [1.29, 1.82) is 5.41 Å². The van der Waals surface area contributed by atoms with Crippen molar-refractivity contribution < 1.29 is 14.3 Å². The van der Waals surface area contributed by atoms with Gasteiger partial charge in [-0.15, -0.1) is 0 Å². The van der Waals surface area contributed by atoms with E-state index in [1.807, 2.05) is 47.9 Å². The van der Waals surface area contributed by atoms with Crippen LogP contribution in [0.25, 0.3) is 0 Å². The number of fused-ring (bicyclic) bond motifs is 1. The maximum atomic E-state index is 13.2. The first kappa shape index (κ1) is 22.1. The summed E-state index contributed by atoms with van der Waals surface area (Å²) in [5, 5.41) is 9.37. The lowest BCUT2D eigenvalue weighted by molar-refractivity contribution is -0.134. The van der Waals surface area contributed by atoms with Crippen LogP contribution in [0.3, 0.4) is 0 Å². The number of hydrogen-bond donors (Lipinski definition) is 3. The minimum absolute atomic E-state index is 0.0745. The quantitative estimate of drug-likeness (QED) is 0.632. The van der Waals surface area contributed by atoms with E-state index in [0.29, 0.717) is 43.7 Å². The van der Waals surface area contributed by atoms with Crippen molar-refractivity contribution in [2.45, 2.75) is 37.7 Å². The van der Waals surface area contributed by atoms with Crippen LogP contribution < -0.4 is 20.5 Å². The molecular weight excluding hydrogens is 416 g/mol. The highest BCUT2D eigenvalue weighted by molar-refractivity contribution is 8.15. The number of morpholine rings is 1. The largest absolute Gasteiger partial charge is 0.497 e. The Bertz CT molecular complexity index is 842. The Morgan fingerprint density at radius 2 is 2.03 bits per heavy atom. The van der Waals surface area contributed by atoms with Gasteiger partial charge in [0.2, 0.25) is 5.91 Å². The number of thioether (sulfide) groups is 1. The Balaban J connectivity index is 1.63. The van der Waals surface area contributed by atoms with Crippen LogP contribution in [-0.4, -0.2) is 72.7 Å². The van der Waals surface area contributed by atoms with Crippen molar-refractivity contribution in [2.24, 2.45) is 10.9 Å². The van der Waals surface area contributed by atoms with E-state index in [-0.39, 0.29) is 29.3 Å². The number of aliphatic imine (C=N–C) groups is 1. The number of amidine groups is 2. The summed E-state index contributed by atoms with van der Waals surface area (Å²) in [6.07, 6.45) is 0.454. The minimum Gasteiger partial charge on any atom is -0.497 e. The molecule has 4 unspecified atom stereocenters. The molecule has 2 fully saturated rings. The van der Waals surface area contributed by atoms with Crippen LogP contribution in [0.2, 0.25) is 0 Å². The van der Waals surface area contributed by atoms with Crippen LogP contribution in [-0.2, 0) is 9.53 Å². The van der Waals surface area contributed by atoms with E-state index in [2.05, 4.69) is 10.9 Å². The first-order chi connectivity index (χ1) is 15.0. The molecule has 0 saturated carbocycles. The van der Waals surface area contributed by atoms with Gasteiger partial charge >= 0.3 is 0 Å². The Labute approximate surface area is 187 Å². The van der Waals surface area contributed by atoms with E-state index in [0.717, 1.165) is 11.4 Å². The lowest BCUT2D eigenvalue weighted by atomic mass is 9.97. The fraction of sp³-hybridized carbons (Fsp3) is 0.571. The number of nitrogens with zero attached hydrogens (tertiary/aromatic N) is 3. The molecule has 3 heterocycles. The number of benzene rings is 1. The van der Waals surface area contributed by atoms with Crippen molar-refractivity contribution in [3.63, 3.8) is 0 Å². The second-order valence-electron chi connectivity index (χ2n) is 7.83. The van der Waals surface area contributed by atoms with Crippen LogP contribution >= 0.6 is 11.8 Å². The second-order valence-corrected chi connectivity index (χ2v) is 9.00. The minimum atomic E-state index is -0.270. The van der Waals surface area contributed by atoms with Crippen LogP contribution in [0.4, 0.5) is 5.69 Å².